The van der Waals surface area contributed by atoms with Gasteiger partial charge >= 0.3 is 6.03 Å². The number of carbonyl (C=O) groups is 4. The van der Waals surface area contributed by atoms with Gasteiger partial charge in [-0.2, -0.15) is 0 Å². The third-order valence-corrected chi connectivity index (χ3v) is 5.63. The SMILES string of the molecule is CCc1ccccc1N1C(=O)NC(=O)/C(=C\c2ccc(OCC(=O)N3CCOCC3)cc2)C1=O. The Bertz CT molecular complexity index is 1140. The second kappa shape index (κ2) is 10.3. The molecule has 176 valence electrons. The molecule has 0 saturated carbocycles. The second-order valence-electron chi connectivity index (χ2n) is 7.79. The van der Waals surface area contributed by atoms with Crippen LogP contribution < -0.4 is 15.0 Å². The van der Waals surface area contributed by atoms with E-state index in [4.69, 9.17) is 9.47 Å². The molecule has 5 amide bonds. The Morgan fingerprint density at radius 3 is 2.47 bits per heavy atom. The van der Waals surface area contributed by atoms with Crippen molar-refractivity contribution in [3.05, 3.63) is 65.2 Å². The van der Waals surface area contributed by atoms with Gasteiger partial charge in [-0.05, 0) is 41.8 Å². The summed E-state index contributed by atoms with van der Waals surface area (Å²) in [5, 5.41) is 2.24. The van der Waals surface area contributed by atoms with Gasteiger partial charge in [-0.15, -0.1) is 0 Å². The summed E-state index contributed by atoms with van der Waals surface area (Å²) in [6.45, 7) is 3.98. The number of urea groups is 1. The fourth-order valence-electron chi connectivity index (χ4n) is 3.78. The average molecular weight is 463 g/mol. The van der Waals surface area contributed by atoms with Gasteiger partial charge in [0.25, 0.3) is 17.7 Å². The van der Waals surface area contributed by atoms with Gasteiger partial charge in [-0.25, -0.2) is 9.69 Å². The van der Waals surface area contributed by atoms with Crippen LogP contribution in [0.1, 0.15) is 18.1 Å². The first kappa shape index (κ1) is 23.2. The molecule has 2 saturated heterocycles. The van der Waals surface area contributed by atoms with Crippen molar-refractivity contribution < 1.29 is 28.7 Å². The van der Waals surface area contributed by atoms with Crippen LogP contribution in [0.15, 0.2) is 54.1 Å². The summed E-state index contributed by atoms with van der Waals surface area (Å²) >= 11 is 0. The number of rotatable bonds is 6. The van der Waals surface area contributed by atoms with Crippen molar-refractivity contribution in [2.45, 2.75) is 13.3 Å². The van der Waals surface area contributed by atoms with E-state index < -0.39 is 17.8 Å². The van der Waals surface area contributed by atoms with E-state index in [0.29, 0.717) is 49.7 Å². The summed E-state index contributed by atoms with van der Waals surface area (Å²) < 4.78 is 10.8. The minimum absolute atomic E-state index is 0.0881. The predicted molar refractivity (Wildman–Crippen MR) is 124 cm³/mol. The molecule has 2 aromatic rings. The maximum absolute atomic E-state index is 13.1. The largest absolute Gasteiger partial charge is 0.484 e. The Hall–Kier alpha value is -3.98. The summed E-state index contributed by atoms with van der Waals surface area (Å²) in [4.78, 5) is 52.9. The highest BCUT2D eigenvalue weighted by Gasteiger charge is 2.37. The number of imide groups is 2. The predicted octanol–water partition coefficient (Wildman–Crippen LogP) is 2.15. The van der Waals surface area contributed by atoms with E-state index in [0.717, 1.165) is 10.5 Å². The van der Waals surface area contributed by atoms with Gasteiger partial charge in [0.15, 0.2) is 6.61 Å². The number of nitrogens with one attached hydrogen (secondary N) is 1. The summed E-state index contributed by atoms with van der Waals surface area (Å²) in [5.74, 6) is -1.07. The first-order valence-electron chi connectivity index (χ1n) is 11.1. The molecule has 9 heteroatoms. The molecule has 0 bridgehead atoms. The summed E-state index contributed by atoms with van der Waals surface area (Å²) in [6.07, 6.45) is 2.05. The van der Waals surface area contributed by atoms with Gasteiger partial charge in [0.05, 0.1) is 18.9 Å². The Kier molecular flexibility index (Phi) is 7.03. The fraction of sp³-hybridized carbons (Fsp3) is 0.280. The number of aryl methyl sites for hydroxylation is 1. The highest BCUT2D eigenvalue weighted by atomic mass is 16.5. The standard InChI is InChI=1S/C25H25N3O6/c1-2-18-5-3-4-6-21(18)28-24(31)20(23(30)26-25(28)32)15-17-7-9-19(10-8-17)34-16-22(29)27-11-13-33-14-12-27/h3-10,15H,2,11-14,16H2,1H3,(H,26,30,32)/b20-15+. The Labute approximate surface area is 196 Å². The van der Waals surface area contributed by atoms with Crippen LogP contribution in [0.4, 0.5) is 10.5 Å². The number of para-hydroxylation sites is 1. The lowest BCUT2D eigenvalue weighted by Crippen LogP contribution is -2.54. The first-order valence-corrected chi connectivity index (χ1v) is 11.1. The third-order valence-electron chi connectivity index (χ3n) is 5.63. The Morgan fingerprint density at radius 1 is 1.06 bits per heavy atom. The van der Waals surface area contributed by atoms with Crippen molar-refractivity contribution in [3.63, 3.8) is 0 Å². The first-order chi connectivity index (χ1) is 16.5. The normalized spacial score (nSPS) is 17.7. The van der Waals surface area contributed by atoms with E-state index >= 15 is 0 Å². The maximum atomic E-state index is 13.1. The number of carbonyl (C=O) groups excluding carboxylic acids is 4. The van der Waals surface area contributed by atoms with Gasteiger partial charge in [-0.1, -0.05) is 37.3 Å². The molecule has 0 unspecified atom stereocenters. The van der Waals surface area contributed by atoms with Crippen LogP contribution in [0.3, 0.4) is 0 Å². The topological polar surface area (TPSA) is 105 Å². The second-order valence-corrected chi connectivity index (χ2v) is 7.79. The Balaban J connectivity index is 1.48. The number of ether oxygens (including phenoxy) is 2. The number of hydrogen-bond donors (Lipinski definition) is 1. The molecule has 1 N–H and O–H groups in total. The van der Waals surface area contributed by atoms with Crippen LogP contribution in [0.25, 0.3) is 6.08 Å². The van der Waals surface area contributed by atoms with E-state index in [2.05, 4.69) is 5.32 Å². The molecule has 2 aromatic carbocycles. The molecule has 0 atom stereocenters. The van der Waals surface area contributed by atoms with Gasteiger partial charge in [-0.3, -0.25) is 19.7 Å². The van der Waals surface area contributed by atoms with E-state index in [1.807, 2.05) is 19.1 Å². The maximum Gasteiger partial charge on any atom is 0.335 e. The van der Waals surface area contributed by atoms with E-state index in [1.54, 1.807) is 41.3 Å². The van der Waals surface area contributed by atoms with Crippen molar-refractivity contribution in [1.29, 1.82) is 0 Å². The van der Waals surface area contributed by atoms with Gasteiger partial charge in [0.1, 0.15) is 11.3 Å². The molecule has 2 fully saturated rings. The highest BCUT2D eigenvalue weighted by molar-refractivity contribution is 6.39. The van der Waals surface area contributed by atoms with Crippen LogP contribution in [0, 0.1) is 0 Å². The van der Waals surface area contributed by atoms with Gasteiger partial charge in [0.2, 0.25) is 0 Å². The Morgan fingerprint density at radius 2 is 1.76 bits per heavy atom. The van der Waals surface area contributed by atoms with Crippen molar-refractivity contribution in [2.24, 2.45) is 0 Å². The minimum atomic E-state index is -0.776. The molecule has 2 aliphatic heterocycles. The lowest BCUT2D eigenvalue weighted by atomic mass is 10.0. The van der Waals surface area contributed by atoms with Gasteiger partial charge < -0.3 is 14.4 Å². The highest BCUT2D eigenvalue weighted by Crippen LogP contribution is 2.26. The van der Waals surface area contributed by atoms with Gasteiger partial charge in [0, 0.05) is 13.1 Å². The lowest BCUT2D eigenvalue weighted by Gasteiger charge is -2.28. The molecular weight excluding hydrogens is 438 g/mol. The zero-order chi connectivity index (χ0) is 24.1. The van der Waals surface area contributed by atoms with Crippen LogP contribution in [0.5, 0.6) is 5.75 Å². The number of morpholine rings is 1. The van der Waals surface area contributed by atoms with Crippen molar-refractivity contribution in [2.75, 3.05) is 37.8 Å². The molecule has 0 radical (unpaired) electrons. The monoisotopic (exact) mass is 463 g/mol. The van der Waals surface area contributed by atoms with Crippen molar-refractivity contribution >= 4 is 35.5 Å². The number of nitrogens with zero attached hydrogens (tertiary/aromatic N) is 2. The number of benzene rings is 2. The molecule has 2 heterocycles. The molecule has 9 nitrogen and oxygen atoms in total. The van der Waals surface area contributed by atoms with Crippen LogP contribution >= 0.6 is 0 Å². The molecule has 0 aromatic heterocycles. The smallest absolute Gasteiger partial charge is 0.335 e. The lowest BCUT2D eigenvalue weighted by molar-refractivity contribution is -0.137. The number of amides is 5. The van der Waals surface area contributed by atoms with Crippen LogP contribution in [-0.2, 0) is 25.5 Å². The van der Waals surface area contributed by atoms with E-state index in [-0.39, 0.29) is 18.1 Å². The third kappa shape index (κ3) is 4.99. The molecule has 34 heavy (non-hydrogen) atoms. The average Bonchev–Trinajstić information content (AvgIpc) is 2.86. The zero-order valence-electron chi connectivity index (χ0n) is 18.8. The zero-order valence-corrected chi connectivity index (χ0v) is 18.8. The molecule has 2 aliphatic rings. The molecule has 0 spiro atoms. The summed E-state index contributed by atoms with van der Waals surface area (Å²) in [5.41, 5.74) is 1.68. The summed E-state index contributed by atoms with van der Waals surface area (Å²) in [7, 11) is 0. The number of hydrogen-bond acceptors (Lipinski definition) is 6. The summed E-state index contributed by atoms with van der Waals surface area (Å²) in [6, 6.07) is 12.9. The van der Waals surface area contributed by atoms with Crippen LogP contribution in [-0.4, -0.2) is 61.6 Å². The number of barbiturate groups is 1. The molecule has 0 aliphatic carbocycles. The van der Waals surface area contributed by atoms with E-state index in [1.165, 1.54) is 6.08 Å². The molecule has 4 rings (SSSR count). The van der Waals surface area contributed by atoms with Crippen molar-refractivity contribution in [3.8, 4) is 5.75 Å². The van der Waals surface area contributed by atoms with Crippen molar-refractivity contribution in [1.82, 2.24) is 10.2 Å². The van der Waals surface area contributed by atoms with Crippen LogP contribution in [0.2, 0.25) is 0 Å². The quantitative estimate of drug-likeness (QED) is 0.520. The minimum Gasteiger partial charge on any atom is -0.484 e. The van der Waals surface area contributed by atoms with E-state index in [9.17, 15) is 19.2 Å². The fourth-order valence-corrected chi connectivity index (χ4v) is 3.78. The molecular formula is C25H25N3O6. The number of anilines is 1.